The molecule has 1 atom stereocenters. The molecule has 1 unspecified atom stereocenters. The van der Waals surface area contributed by atoms with E-state index in [1.165, 1.54) is 16.7 Å². The Morgan fingerprint density at radius 1 is 1.15 bits per heavy atom. The van der Waals surface area contributed by atoms with Crippen LogP contribution in [0.5, 0.6) is 0 Å². The van der Waals surface area contributed by atoms with Crippen LogP contribution in [0.3, 0.4) is 0 Å². The van der Waals surface area contributed by atoms with E-state index >= 15 is 0 Å². The summed E-state index contributed by atoms with van der Waals surface area (Å²) in [6.45, 7) is 12.9. The van der Waals surface area contributed by atoms with Gasteiger partial charge in [-0.3, -0.25) is 12.2 Å². The fraction of sp³-hybridized carbons (Fsp3) is 0.500. The molecule has 0 aromatic carbocycles. The first-order valence-corrected chi connectivity index (χ1v) is 8.56. The van der Waals surface area contributed by atoms with Gasteiger partial charge in [-0.2, -0.15) is 11.6 Å². The topological polar surface area (TPSA) is 0 Å². The van der Waals surface area contributed by atoms with Crippen molar-refractivity contribution in [3.8, 4) is 0 Å². The van der Waals surface area contributed by atoms with Crippen molar-refractivity contribution in [3.05, 3.63) is 47.1 Å². The minimum Gasteiger partial charge on any atom is -1.00 e. The molecular weight excluding hydrogens is 470 g/mol. The molecule has 111 valence electrons. The Kier molecular flexibility index (Phi) is 25.4. The predicted octanol–water partition coefficient (Wildman–Crippen LogP) is -1.45. The number of hydrogen-bond acceptors (Lipinski definition) is 0. The van der Waals surface area contributed by atoms with Gasteiger partial charge in [0.05, 0.1) is 0 Å². The van der Waals surface area contributed by atoms with Gasteiger partial charge in [-0.15, -0.1) is 13.3 Å². The number of hydrogen-bond donors (Lipinski definition) is 0. The molecule has 0 fully saturated rings. The van der Waals surface area contributed by atoms with Crippen LogP contribution in [-0.2, 0) is 25.8 Å². The zero-order valence-electron chi connectivity index (χ0n) is 13.3. The number of halogens is 2. The van der Waals surface area contributed by atoms with Gasteiger partial charge >= 0.3 is 25.8 Å². The molecule has 0 heterocycles. The Hall–Kier alpha value is 0.627. The summed E-state index contributed by atoms with van der Waals surface area (Å²) in [5, 5.41) is 0. The van der Waals surface area contributed by atoms with E-state index in [-0.39, 0.29) is 50.7 Å². The van der Waals surface area contributed by atoms with Crippen molar-refractivity contribution in [1.29, 1.82) is 0 Å². The van der Waals surface area contributed by atoms with Crippen molar-refractivity contribution in [2.45, 2.75) is 47.2 Å². The van der Waals surface area contributed by atoms with Gasteiger partial charge in [0, 0.05) is 9.52 Å². The smallest absolute Gasteiger partial charge is 1.00 e. The summed E-state index contributed by atoms with van der Waals surface area (Å²) < 4.78 is 0. The fourth-order valence-corrected chi connectivity index (χ4v) is 1.50. The second-order valence-electron chi connectivity index (χ2n) is 4.61. The minimum absolute atomic E-state index is 0. The largest absolute Gasteiger partial charge is 4.00 e. The van der Waals surface area contributed by atoms with Gasteiger partial charge < -0.3 is 24.8 Å². The third-order valence-electron chi connectivity index (χ3n) is 2.20. The first kappa shape index (κ1) is 28.7. The molecule has 0 amide bonds. The average molecular weight is 495 g/mol. The maximum Gasteiger partial charge on any atom is 4.00 e. The van der Waals surface area contributed by atoms with Crippen LogP contribution in [0.1, 0.15) is 34.1 Å². The molecule has 0 aliphatic heterocycles. The minimum atomic E-state index is 0. The molecule has 0 aromatic heterocycles. The first-order chi connectivity index (χ1) is 7.99. The number of allylic oxidation sites excluding steroid dienone is 8. The molecule has 0 bridgehead atoms. The van der Waals surface area contributed by atoms with Crippen molar-refractivity contribution in [2.75, 3.05) is 0 Å². The molecule has 20 heavy (non-hydrogen) atoms. The van der Waals surface area contributed by atoms with E-state index < -0.39 is 0 Å². The summed E-state index contributed by atoms with van der Waals surface area (Å²) in [5.41, 5.74) is 4.06. The molecule has 0 nitrogen and oxygen atoms in total. The van der Waals surface area contributed by atoms with Crippen molar-refractivity contribution < 1.29 is 50.7 Å². The summed E-state index contributed by atoms with van der Waals surface area (Å²) in [6.07, 6.45) is 13.8. The monoisotopic (exact) mass is 495 g/mol. The molecule has 1 radical (unpaired) electrons. The van der Waals surface area contributed by atoms with E-state index in [2.05, 4.69) is 65.1 Å². The van der Waals surface area contributed by atoms with Crippen LogP contribution in [0.4, 0.5) is 0 Å². The number of rotatable bonds is 0. The summed E-state index contributed by atoms with van der Waals surface area (Å²) >= 11 is 0. The van der Waals surface area contributed by atoms with Crippen LogP contribution in [0.2, 0.25) is 13.1 Å². The van der Waals surface area contributed by atoms with Gasteiger partial charge in [0.1, 0.15) is 0 Å². The normalized spacial score (nSPS) is 17.5. The third-order valence-corrected chi connectivity index (χ3v) is 2.20. The standard InChI is InChI=1S/2C7H9.C2H7Si.2ClH.Hf/c2*1-6-3-4-7(2)5-6;1-3-2;;;/h5H,3H2,1-2H3;3,5,7H,1-2H3;3H,1-2H3;2*1H;/q2*-1;;;;+4/p-2. The maximum absolute atomic E-state index is 3.19. The maximum atomic E-state index is 3.19. The molecule has 4 heteroatoms. The average Bonchev–Trinajstić information content (AvgIpc) is 2.78. The molecular formula is C16H25Cl2HfSi. The van der Waals surface area contributed by atoms with E-state index in [0.717, 1.165) is 15.9 Å². The van der Waals surface area contributed by atoms with Crippen LogP contribution in [0.25, 0.3) is 0 Å². The molecule has 0 saturated carbocycles. The van der Waals surface area contributed by atoms with Crippen molar-refractivity contribution in [2.24, 2.45) is 5.92 Å². The Morgan fingerprint density at radius 2 is 1.65 bits per heavy atom. The Morgan fingerprint density at radius 3 is 1.75 bits per heavy atom. The van der Waals surface area contributed by atoms with E-state index in [9.17, 15) is 0 Å². The quantitative estimate of drug-likeness (QED) is 0.286. The Bertz CT molecular complexity index is 344. The van der Waals surface area contributed by atoms with Crippen LogP contribution in [0.15, 0.2) is 34.9 Å². The molecule has 2 aliphatic carbocycles. The summed E-state index contributed by atoms with van der Waals surface area (Å²) in [6, 6.07) is 0. The van der Waals surface area contributed by atoms with Crippen LogP contribution >= 0.6 is 0 Å². The summed E-state index contributed by atoms with van der Waals surface area (Å²) in [7, 11) is 0.750. The van der Waals surface area contributed by atoms with Gasteiger partial charge in [-0.25, -0.2) is 23.3 Å². The Balaban J connectivity index is -0.0000000956. The zero-order valence-corrected chi connectivity index (χ0v) is 19.6. The van der Waals surface area contributed by atoms with Crippen molar-refractivity contribution in [3.63, 3.8) is 0 Å². The summed E-state index contributed by atoms with van der Waals surface area (Å²) in [5.74, 6) is 0.556. The SMILES string of the molecule is CC1=CC(C)[C-]=C1.CC1=[C-]CC(C)=C1.C[SiH]C.[Cl-].[Cl-].[Hf+4]. The first-order valence-electron chi connectivity index (χ1n) is 6.25. The van der Waals surface area contributed by atoms with E-state index in [0.29, 0.717) is 5.92 Å². The van der Waals surface area contributed by atoms with Crippen LogP contribution in [0, 0.1) is 18.1 Å². The van der Waals surface area contributed by atoms with Gasteiger partial charge in [0.25, 0.3) is 0 Å². The van der Waals surface area contributed by atoms with E-state index in [4.69, 9.17) is 0 Å². The van der Waals surface area contributed by atoms with Gasteiger partial charge in [-0.05, 0) is 0 Å². The molecule has 0 aromatic rings. The molecule has 0 N–H and O–H groups in total. The predicted molar refractivity (Wildman–Crippen MR) is 80.4 cm³/mol. The van der Waals surface area contributed by atoms with Crippen molar-refractivity contribution >= 4 is 9.52 Å². The fourth-order valence-electron chi connectivity index (χ4n) is 1.50. The van der Waals surface area contributed by atoms with Gasteiger partial charge in [0.2, 0.25) is 0 Å². The molecule has 0 saturated heterocycles. The second-order valence-corrected chi connectivity index (χ2v) is 5.77. The Labute approximate surface area is 159 Å². The molecule has 2 aliphatic rings. The van der Waals surface area contributed by atoms with Crippen molar-refractivity contribution in [1.82, 2.24) is 0 Å². The zero-order chi connectivity index (χ0) is 13.3. The van der Waals surface area contributed by atoms with Gasteiger partial charge in [0.15, 0.2) is 0 Å². The summed E-state index contributed by atoms with van der Waals surface area (Å²) in [4.78, 5) is 0. The van der Waals surface area contributed by atoms with Gasteiger partial charge in [-0.1, -0.05) is 39.8 Å². The second kappa shape index (κ2) is 17.7. The van der Waals surface area contributed by atoms with Crippen LogP contribution in [-0.4, -0.2) is 9.52 Å². The van der Waals surface area contributed by atoms with Crippen LogP contribution < -0.4 is 24.8 Å². The van der Waals surface area contributed by atoms with E-state index in [1.807, 2.05) is 6.08 Å². The molecule has 2 rings (SSSR count). The third kappa shape index (κ3) is 16.7. The molecule has 0 spiro atoms. The van der Waals surface area contributed by atoms with E-state index in [1.54, 1.807) is 0 Å².